The van der Waals surface area contributed by atoms with Crippen LogP contribution in [0.4, 0.5) is 0 Å². The quantitative estimate of drug-likeness (QED) is 0.605. The highest BCUT2D eigenvalue weighted by molar-refractivity contribution is 5.09. The predicted octanol–water partition coefficient (Wildman–Crippen LogP) is 4.41. The molecule has 4 atom stereocenters. The summed E-state index contributed by atoms with van der Waals surface area (Å²) in [5.74, 6) is 1.73. The molecule has 0 N–H and O–H groups in total. The smallest absolute Gasteiger partial charge is 0.0688 e. The zero-order valence-corrected chi connectivity index (χ0v) is 12.0. The third kappa shape index (κ3) is 1.54. The summed E-state index contributed by atoms with van der Waals surface area (Å²) in [5, 5.41) is 0. The molecule has 3 rings (SSSR count). The Kier molecular flexibility index (Phi) is 2.47. The number of rotatable bonds is 0. The van der Waals surface area contributed by atoms with Crippen LogP contribution in [0.3, 0.4) is 0 Å². The fourth-order valence-corrected chi connectivity index (χ4v) is 5.82. The maximum atomic E-state index is 6.13. The van der Waals surface area contributed by atoms with E-state index in [4.69, 9.17) is 4.74 Å². The molecule has 1 nitrogen and oxygen atoms in total. The van der Waals surface area contributed by atoms with Crippen LogP contribution in [-0.4, -0.2) is 12.2 Å². The van der Waals surface area contributed by atoms with E-state index in [1.807, 2.05) is 0 Å². The third-order valence-corrected chi connectivity index (χ3v) is 6.58. The Balaban J connectivity index is 1.98. The van der Waals surface area contributed by atoms with Crippen molar-refractivity contribution in [3.8, 4) is 0 Å². The molecule has 17 heavy (non-hydrogen) atoms. The summed E-state index contributed by atoms with van der Waals surface area (Å²) in [5.41, 5.74) is 1.31. The maximum absolute atomic E-state index is 6.13. The van der Waals surface area contributed by atoms with Gasteiger partial charge in [0.25, 0.3) is 0 Å². The number of fused-ring (bicyclic) bond motifs is 3. The Bertz CT molecular complexity index is 317. The second kappa shape index (κ2) is 3.50. The fourth-order valence-electron chi connectivity index (χ4n) is 5.82. The molecule has 2 aliphatic carbocycles. The van der Waals surface area contributed by atoms with Gasteiger partial charge >= 0.3 is 0 Å². The summed E-state index contributed by atoms with van der Waals surface area (Å²) in [6.07, 6.45) is 8.27. The van der Waals surface area contributed by atoms with Crippen molar-refractivity contribution in [2.75, 3.05) is 6.61 Å². The average Bonchev–Trinajstić information content (AvgIpc) is 2.60. The molecular formula is C16H28O. The molecule has 3 aliphatic rings. The third-order valence-electron chi connectivity index (χ3n) is 6.58. The molecule has 0 aromatic heterocycles. The van der Waals surface area contributed by atoms with Gasteiger partial charge in [-0.3, -0.25) is 0 Å². The standard InChI is InChI=1S/C16H28O/c1-14(2)8-5-9-15(3)12(14)6-10-16(4)13(15)7-11-17-16/h12-13H,5-11H2,1-4H3/t12-,13+,15?,16+/m0/s1. The Morgan fingerprint density at radius 3 is 2.41 bits per heavy atom. The van der Waals surface area contributed by atoms with Crippen LogP contribution in [0.15, 0.2) is 0 Å². The Morgan fingerprint density at radius 2 is 1.65 bits per heavy atom. The molecule has 0 aromatic carbocycles. The highest BCUT2D eigenvalue weighted by Crippen LogP contribution is 2.64. The van der Waals surface area contributed by atoms with Gasteiger partial charge in [0.2, 0.25) is 0 Å². The minimum absolute atomic E-state index is 0.207. The highest BCUT2D eigenvalue weighted by Gasteiger charge is 2.60. The lowest BCUT2D eigenvalue weighted by Crippen LogP contribution is -2.55. The molecule has 1 unspecified atom stereocenters. The molecule has 0 radical (unpaired) electrons. The lowest BCUT2D eigenvalue weighted by atomic mass is 9.46. The van der Waals surface area contributed by atoms with E-state index in [2.05, 4.69) is 27.7 Å². The van der Waals surface area contributed by atoms with Crippen molar-refractivity contribution in [2.45, 2.75) is 71.8 Å². The van der Waals surface area contributed by atoms with Crippen molar-refractivity contribution in [2.24, 2.45) is 22.7 Å². The van der Waals surface area contributed by atoms with Gasteiger partial charge in [0, 0.05) is 6.61 Å². The second-order valence-corrected chi connectivity index (χ2v) is 7.94. The van der Waals surface area contributed by atoms with Crippen molar-refractivity contribution < 1.29 is 4.74 Å². The highest BCUT2D eigenvalue weighted by atomic mass is 16.5. The van der Waals surface area contributed by atoms with Crippen LogP contribution in [0.2, 0.25) is 0 Å². The van der Waals surface area contributed by atoms with Gasteiger partial charge in [-0.15, -0.1) is 0 Å². The summed E-state index contributed by atoms with van der Waals surface area (Å²) in [6, 6.07) is 0. The number of hydrogen-bond donors (Lipinski definition) is 0. The van der Waals surface area contributed by atoms with Gasteiger partial charge in [0.15, 0.2) is 0 Å². The Labute approximate surface area is 106 Å². The minimum atomic E-state index is 0.207. The van der Waals surface area contributed by atoms with Crippen molar-refractivity contribution >= 4 is 0 Å². The first-order valence-electron chi connectivity index (χ1n) is 7.52. The molecule has 98 valence electrons. The summed E-state index contributed by atoms with van der Waals surface area (Å²) in [7, 11) is 0. The summed E-state index contributed by atoms with van der Waals surface area (Å²) >= 11 is 0. The van der Waals surface area contributed by atoms with Gasteiger partial charge in [-0.25, -0.2) is 0 Å². The van der Waals surface area contributed by atoms with E-state index < -0.39 is 0 Å². The first kappa shape index (κ1) is 12.0. The van der Waals surface area contributed by atoms with Crippen molar-refractivity contribution in [3.63, 3.8) is 0 Å². The molecule has 1 heteroatoms. The fraction of sp³-hybridized carbons (Fsp3) is 1.00. The molecule has 1 saturated heterocycles. The molecule has 2 saturated carbocycles. The minimum Gasteiger partial charge on any atom is -0.375 e. The molecule has 3 fully saturated rings. The zero-order valence-electron chi connectivity index (χ0n) is 12.0. The van der Waals surface area contributed by atoms with E-state index in [9.17, 15) is 0 Å². The van der Waals surface area contributed by atoms with Crippen molar-refractivity contribution in [1.29, 1.82) is 0 Å². The molecule has 1 aliphatic heterocycles. The monoisotopic (exact) mass is 236 g/mol. The van der Waals surface area contributed by atoms with Crippen LogP contribution in [0.25, 0.3) is 0 Å². The SMILES string of the molecule is CC1(C)CCCC2(C)[C@H]3CCO[C@]3(C)CC[C@@H]12. The van der Waals surface area contributed by atoms with E-state index in [1.165, 1.54) is 38.5 Å². The average molecular weight is 236 g/mol. The van der Waals surface area contributed by atoms with Gasteiger partial charge in [-0.1, -0.05) is 27.2 Å². The van der Waals surface area contributed by atoms with Gasteiger partial charge in [-0.05, 0) is 61.7 Å². The summed E-state index contributed by atoms with van der Waals surface area (Å²) in [4.78, 5) is 0. The second-order valence-electron chi connectivity index (χ2n) is 7.94. The van der Waals surface area contributed by atoms with E-state index in [-0.39, 0.29) is 5.60 Å². The molecule has 0 bridgehead atoms. The Hall–Kier alpha value is -0.0400. The van der Waals surface area contributed by atoms with Crippen LogP contribution < -0.4 is 0 Å². The largest absolute Gasteiger partial charge is 0.375 e. The first-order valence-corrected chi connectivity index (χ1v) is 7.52. The molecule has 1 heterocycles. The molecular weight excluding hydrogens is 208 g/mol. The molecule has 0 spiro atoms. The number of ether oxygens (including phenoxy) is 1. The molecule has 0 aromatic rings. The van der Waals surface area contributed by atoms with Crippen LogP contribution in [-0.2, 0) is 4.74 Å². The summed E-state index contributed by atoms with van der Waals surface area (Å²) in [6.45, 7) is 11.0. The zero-order chi connectivity index (χ0) is 12.3. The topological polar surface area (TPSA) is 9.23 Å². The summed E-state index contributed by atoms with van der Waals surface area (Å²) < 4.78 is 6.13. The predicted molar refractivity (Wildman–Crippen MR) is 70.9 cm³/mol. The van der Waals surface area contributed by atoms with E-state index in [0.717, 1.165) is 18.4 Å². The van der Waals surface area contributed by atoms with Crippen molar-refractivity contribution in [1.82, 2.24) is 0 Å². The lowest BCUT2D eigenvalue weighted by Gasteiger charge is -2.60. The van der Waals surface area contributed by atoms with Gasteiger partial charge < -0.3 is 4.74 Å². The first-order chi connectivity index (χ1) is 7.89. The van der Waals surface area contributed by atoms with Crippen LogP contribution in [0.5, 0.6) is 0 Å². The van der Waals surface area contributed by atoms with Gasteiger partial charge in [0.05, 0.1) is 5.60 Å². The maximum Gasteiger partial charge on any atom is 0.0688 e. The van der Waals surface area contributed by atoms with E-state index >= 15 is 0 Å². The number of hydrogen-bond acceptors (Lipinski definition) is 1. The van der Waals surface area contributed by atoms with Crippen LogP contribution in [0, 0.1) is 22.7 Å². The van der Waals surface area contributed by atoms with Crippen LogP contribution in [0.1, 0.15) is 66.2 Å². The Morgan fingerprint density at radius 1 is 0.882 bits per heavy atom. The lowest BCUT2D eigenvalue weighted by molar-refractivity contribution is -0.147. The normalized spacial score (nSPS) is 52.9. The van der Waals surface area contributed by atoms with Gasteiger partial charge in [-0.2, -0.15) is 0 Å². The van der Waals surface area contributed by atoms with E-state index in [1.54, 1.807) is 0 Å². The van der Waals surface area contributed by atoms with Gasteiger partial charge in [0.1, 0.15) is 0 Å². The van der Waals surface area contributed by atoms with E-state index in [0.29, 0.717) is 10.8 Å². The molecule has 0 amide bonds. The van der Waals surface area contributed by atoms with Crippen LogP contribution >= 0.6 is 0 Å². The van der Waals surface area contributed by atoms with Crippen molar-refractivity contribution in [3.05, 3.63) is 0 Å².